The number of carboxylic acid groups (broad SMARTS) is 1. The number of carbonyl (C=O) groups excluding carboxylic acids is 1. The van der Waals surface area contributed by atoms with E-state index in [-0.39, 0.29) is 24.9 Å². The predicted octanol–water partition coefficient (Wildman–Crippen LogP) is 2.83. The summed E-state index contributed by atoms with van der Waals surface area (Å²) in [5.74, 6) is -0.783. The number of aliphatic carboxylic acids is 1. The van der Waals surface area contributed by atoms with Crippen molar-refractivity contribution in [3.05, 3.63) is 28.7 Å². The van der Waals surface area contributed by atoms with Crippen LogP contribution in [0.15, 0.2) is 28.7 Å². The highest BCUT2D eigenvalue weighted by atomic mass is 79.9. The first-order valence-electron chi connectivity index (χ1n) is 6.84. The monoisotopic (exact) mass is 357 g/mol. The number of hydrogen-bond donors (Lipinski definition) is 2. The van der Waals surface area contributed by atoms with E-state index in [1.165, 1.54) is 0 Å². The number of carbonyl (C=O) groups is 2. The van der Waals surface area contributed by atoms with Gasteiger partial charge in [0.15, 0.2) is 0 Å². The summed E-state index contributed by atoms with van der Waals surface area (Å²) in [6, 6.07) is 6.46. The molecule has 0 aromatic heterocycles. The summed E-state index contributed by atoms with van der Waals surface area (Å²) >= 11 is 3.33. The van der Waals surface area contributed by atoms with E-state index < -0.39 is 12.0 Å². The third kappa shape index (κ3) is 6.16. The molecule has 1 amide bonds. The van der Waals surface area contributed by atoms with Crippen molar-refractivity contribution in [3.8, 4) is 5.75 Å². The van der Waals surface area contributed by atoms with E-state index >= 15 is 0 Å². The van der Waals surface area contributed by atoms with Crippen LogP contribution in [0.25, 0.3) is 0 Å². The van der Waals surface area contributed by atoms with E-state index in [2.05, 4.69) is 21.2 Å². The quantitative estimate of drug-likeness (QED) is 0.749. The summed E-state index contributed by atoms with van der Waals surface area (Å²) in [6.45, 7) is 3.90. The fourth-order valence-electron chi connectivity index (χ4n) is 1.75. The van der Waals surface area contributed by atoms with Gasteiger partial charge in [0.1, 0.15) is 11.8 Å². The Balaban J connectivity index is 2.41. The van der Waals surface area contributed by atoms with Gasteiger partial charge in [-0.2, -0.15) is 0 Å². The van der Waals surface area contributed by atoms with E-state index in [1.807, 2.05) is 19.1 Å². The van der Waals surface area contributed by atoms with E-state index in [9.17, 15) is 9.59 Å². The van der Waals surface area contributed by atoms with Gasteiger partial charge < -0.3 is 15.2 Å². The molecule has 2 atom stereocenters. The zero-order valence-corrected chi connectivity index (χ0v) is 13.7. The summed E-state index contributed by atoms with van der Waals surface area (Å²) in [5, 5.41) is 11.6. The molecule has 0 aliphatic heterocycles. The average molecular weight is 358 g/mol. The third-order valence-electron chi connectivity index (χ3n) is 3.19. The lowest BCUT2D eigenvalue weighted by Gasteiger charge is -2.20. The molecule has 0 heterocycles. The van der Waals surface area contributed by atoms with Gasteiger partial charge >= 0.3 is 5.97 Å². The molecule has 0 saturated heterocycles. The highest BCUT2D eigenvalue weighted by Gasteiger charge is 2.24. The van der Waals surface area contributed by atoms with E-state index in [4.69, 9.17) is 9.84 Å². The minimum Gasteiger partial charge on any atom is -0.493 e. The molecule has 0 saturated carbocycles. The van der Waals surface area contributed by atoms with Crippen molar-refractivity contribution in [3.63, 3.8) is 0 Å². The number of rotatable bonds is 8. The molecule has 0 fully saturated rings. The summed E-state index contributed by atoms with van der Waals surface area (Å²) in [7, 11) is 0. The molecule has 116 valence electrons. The second kappa shape index (κ2) is 8.67. The minimum atomic E-state index is -1.01. The van der Waals surface area contributed by atoms with Gasteiger partial charge in [-0.15, -0.1) is 0 Å². The van der Waals surface area contributed by atoms with Gasteiger partial charge in [-0.1, -0.05) is 42.3 Å². The maximum Gasteiger partial charge on any atom is 0.326 e. The lowest BCUT2D eigenvalue weighted by atomic mass is 9.99. The van der Waals surface area contributed by atoms with Crippen molar-refractivity contribution in [2.75, 3.05) is 6.61 Å². The van der Waals surface area contributed by atoms with E-state index in [0.717, 1.165) is 4.47 Å². The molecule has 0 bridgehead atoms. The van der Waals surface area contributed by atoms with Crippen LogP contribution in [0, 0.1) is 5.92 Å². The molecule has 1 aromatic rings. The van der Waals surface area contributed by atoms with Crippen molar-refractivity contribution in [1.29, 1.82) is 0 Å². The number of amides is 1. The maximum atomic E-state index is 11.8. The highest BCUT2D eigenvalue weighted by Crippen LogP contribution is 2.17. The van der Waals surface area contributed by atoms with Gasteiger partial charge in [-0.05, 0) is 24.1 Å². The zero-order chi connectivity index (χ0) is 15.8. The molecular weight excluding hydrogens is 338 g/mol. The van der Waals surface area contributed by atoms with Crippen molar-refractivity contribution >= 4 is 27.8 Å². The smallest absolute Gasteiger partial charge is 0.326 e. The van der Waals surface area contributed by atoms with Crippen LogP contribution in [0.3, 0.4) is 0 Å². The van der Waals surface area contributed by atoms with Gasteiger partial charge in [0.25, 0.3) is 0 Å². The Kier molecular flexibility index (Phi) is 7.22. The van der Waals surface area contributed by atoms with Crippen molar-refractivity contribution in [1.82, 2.24) is 5.32 Å². The van der Waals surface area contributed by atoms with Crippen LogP contribution >= 0.6 is 15.9 Å². The Morgan fingerprint density at radius 1 is 1.43 bits per heavy atom. The maximum absolute atomic E-state index is 11.8. The van der Waals surface area contributed by atoms with Crippen LogP contribution in [0.1, 0.15) is 26.7 Å². The molecule has 5 nitrogen and oxygen atoms in total. The standard InChI is InChI=1S/C15H20BrNO4/c1-3-10(2)14(15(19)20)17-13(18)7-8-21-12-6-4-5-11(16)9-12/h4-6,9-10,14H,3,7-8H2,1-2H3,(H,17,18)(H,19,20)/t10?,14-/m0/s1. The Labute approximate surface area is 132 Å². The topological polar surface area (TPSA) is 75.6 Å². The molecular formula is C15H20BrNO4. The first-order chi connectivity index (χ1) is 9.93. The van der Waals surface area contributed by atoms with Crippen molar-refractivity contribution in [2.45, 2.75) is 32.7 Å². The summed E-state index contributed by atoms with van der Waals surface area (Å²) in [6.07, 6.45) is 0.804. The van der Waals surface area contributed by atoms with Gasteiger partial charge in [0.05, 0.1) is 13.0 Å². The number of nitrogens with one attached hydrogen (secondary N) is 1. The average Bonchev–Trinajstić information content (AvgIpc) is 2.43. The largest absolute Gasteiger partial charge is 0.493 e. The number of carboxylic acids is 1. The molecule has 2 N–H and O–H groups in total. The first-order valence-corrected chi connectivity index (χ1v) is 7.63. The van der Waals surface area contributed by atoms with Crippen LogP contribution in [-0.4, -0.2) is 29.6 Å². The second-order valence-electron chi connectivity index (χ2n) is 4.82. The Morgan fingerprint density at radius 2 is 2.14 bits per heavy atom. The number of benzene rings is 1. The number of ether oxygens (including phenoxy) is 1. The van der Waals surface area contributed by atoms with Crippen LogP contribution in [0.2, 0.25) is 0 Å². The molecule has 1 unspecified atom stereocenters. The van der Waals surface area contributed by atoms with E-state index in [1.54, 1.807) is 19.1 Å². The third-order valence-corrected chi connectivity index (χ3v) is 3.68. The normalized spacial score (nSPS) is 13.3. The molecule has 0 aliphatic carbocycles. The van der Waals surface area contributed by atoms with Crippen LogP contribution in [0.4, 0.5) is 0 Å². The summed E-state index contributed by atoms with van der Waals surface area (Å²) < 4.78 is 6.34. The van der Waals surface area contributed by atoms with Gasteiger partial charge in [-0.3, -0.25) is 4.79 Å². The first kappa shape index (κ1) is 17.5. The molecule has 0 spiro atoms. The fraction of sp³-hybridized carbons (Fsp3) is 0.467. The lowest BCUT2D eigenvalue weighted by Crippen LogP contribution is -2.45. The second-order valence-corrected chi connectivity index (χ2v) is 5.74. The number of halogens is 1. The van der Waals surface area contributed by atoms with Crippen molar-refractivity contribution < 1.29 is 19.4 Å². The molecule has 1 aromatic carbocycles. The number of hydrogen-bond acceptors (Lipinski definition) is 3. The van der Waals surface area contributed by atoms with Gasteiger partial charge in [0.2, 0.25) is 5.91 Å². The minimum absolute atomic E-state index is 0.113. The van der Waals surface area contributed by atoms with Gasteiger partial charge in [0, 0.05) is 4.47 Å². The molecule has 21 heavy (non-hydrogen) atoms. The van der Waals surface area contributed by atoms with Crippen LogP contribution in [-0.2, 0) is 9.59 Å². The summed E-state index contributed by atoms with van der Waals surface area (Å²) in [4.78, 5) is 22.9. The molecule has 0 radical (unpaired) electrons. The van der Waals surface area contributed by atoms with Crippen LogP contribution in [0.5, 0.6) is 5.75 Å². The predicted molar refractivity (Wildman–Crippen MR) is 83.3 cm³/mol. The molecule has 6 heteroatoms. The highest BCUT2D eigenvalue weighted by molar-refractivity contribution is 9.10. The Bertz CT molecular complexity index is 492. The Morgan fingerprint density at radius 3 is 2.71 bits per heavy atom. The van der Waals surface area contributed by atoms with Crippen LogP contribution < -0.4 is 10.1 Å². The van der Waals surface area contributed by atoms with Crippen molar-refractivity contribution in [2.24, 2.45) is 5.92 Å². The molecule has 1 rings (SSSR count). The van der Waals surface area contributed by atoms with Gasteiger partial charge in [-0.25, -0.2) is 4.79 Å². The Hall–Kier alpha value is -1.56. The summed E-state index contributed by atoms with van der Waals surface area (Å²) in [5.41, 5.74) is 0. The van der Waals surface area contributed by atoms with E-state index in [0.29, 0.717) is 12.2 Å². The molecule has 0 aliphatic rings. The lowest BCUT2D eigenvalue weighted by molar-refractivity contribution is -0.143. The zero-order valence-electron chi connectivity index (χ0n) is 12.1. The SMILES string of the molecule is CCC(C)[C@H](NC(=O)CCOc1cccc(Br)c1)C(=O)O. The fourth-order valence-corrected chi connectivity index (χ4v) is 2.13.